The fourth-order valence-corrected chi connectivity index (χ4v) is 3.58. The van der Waals surface area contributed by atoms with Crippen LogP contribution >= 0.6 is 0 Å². The molecule has 94 valence electrons. The van der Waals surface area contributed by atoms with Gasteiger partial charge in [-0.3, -0.25) is 4.90 Å². The quantitative estimate of drug-likeness (QED) is 0.703. The molecule has 0 amide bonds. The number of rotatable bonds is 6. The molecular weight excluding hydrogens is 196 g/mol. The number of fused-ring (bicyclic) bond motifs is 2. The Kier molecular flexibility index (Phi) is 4.66. The fraction of sp³-hybridized carbons (Fsp3) is 1.00. The minimum atomic E-state index is 0.494. The monoisotopic (exact) mass is 224 g/mol. The Bertz CT molecular complexity index is 191. The maximum atomic E-state index is 6.09. The van der Waals surface area contributed by atoms with Crippen molar-refractivity contribution in [1.82, 2.24) is 4.90 Å². The third-order valence-corrected chi connectivity index (χ3v) is 4.44. The van der Waals surface area contributed by atoms with Gasteiger partial charge in [-0.1, -0.05) is 32.6 Å². The van der Waals surface area contributed by atoms with Crippen LogP contribution in [0, 0.1) is 0 Å². The molecule has 2 fully saturated rings. The maximum absolute atomic E-state index is 6.09. The first-order chi connectivity index (χ1) is 7.81. The molecule has 2 aliphatic rings. The molecule has 2 bridgehead atoms. The van der Waals surface area contributed by atoms with E-state index >= 15 is 0 Å². The van der Waals surface area contributed by atoms with Gasteiger partial charge in [0.15, 0.2) is 0 Å². The second-order valence-electron chi connectivity index (χ2n) is 5.77. The lowest BCUT2D eigenvalue weighted by Crippen LogP contribution is -2.47. The van der Waals surface area contributed by atoms with E-state index < -0.39 is 0 Å². The van der Waals surface area contributed by atoms with E-state index in [-0.39, 0.29) is 0 Å². The Balaban J connectivity index is 1.66. The van der Waals surface area contributed by atoms with Gasteiger partial charge in [0.05, 0.1) is 0 Å². The Morgan fingerprint density at radius 3 is 2.25 bits per heavy atom. The number of unbranched alkanes of at least 4 members (excludes halogenated alkanes) is 4. The molecule has 2 aliphatic heterocycles. The predicted octanol–water partition coefficient (Wildman–Crippen LogP) is 2.91. The zero-order chi connectivity index (χ0) is 11.4. The summed E-state index contributed by atoms with van der Waals surface area (Å²) in [6.07, 6.45) is 12.4. The molecule has 0 radical (unpaired) electrons. The molecule has 0 aliphatic carbocycles. The summed E-state index contributed by atoms with van der Waals surface area (Å²) in [5, 5.41) is 0. The summed E-state index contributed by atoms with van der Waals surface area (Å²) < 4.78 is 0. The van der Waals surface area contributed by atoms with Gasteiger partial charge in [-0.25, -0.2) is 0 Å². The van der Waals surface area contributed by atoms with Crippen LogP contribution in [0.15, 0.2) is 0 Å². The average molecular weight is 224 g/mol. The van der Waals surface area contributed by atoms with Gasteiger partial charge in [0.1, 0.15) is 0 Å². The Morgan fingerprint density at radius 2 is 1.62 bits per heavy atom. The highest BCUT2D eigenvalue weighted by atomic mass is 15.2. The van der Waals surface area contributed by atoms with Crippen LogP contribution in [0.25, 0.3) is 0 Å². The van der Waals surface area contributed by atoms with E-state index in [1.165, 1.54) is 64.3 Å². The summed E-state index contributed by atoms with van der Waals surface area (Å²) in [4.78, 5) is 2.77. The summed E-state index contributed by atoms with van der Waals surface area (Å²) in [6, 6.07) is 2.16. The molecule has 2 N–H and O–H groups in total. The molecule has 2 heteroatoms. The smallest absolute Gasteiger partial charge is 0.0113 e. The first-order valence-corrected chi connectivity index (χ1v) is 7.32. The average Bonchev–Trinajstić information content (AvgIpc) is 2.51. The highest BCUT2D eigenvalue weighted by Crippen LogP contribution is 2.35. The Labute approximate surface area is 101 Å². The lowest BCUT2D eigenvalue weighted by Gasteiger charge is -2.37. The molecule has 2 saturated heterocycles. The van der Waals surface area contributed by atoms with E-state index in [9.17, 15) is 0 Å². The summed E-state index contributed by atoms with van der Waals surface area (Å²) in [5.74, 6) is 0. The molecule has 0 saturated carbocycles. The second kappa shape index (κ2) is 6.02. The molecule has 0 aromatic heterocycles. The van der Waals surface area contributed by atoms with Crippen LogP contribution in [0.1, 0.15) is 64.7 Å². The van der Waals surface area contributed by atoms with Crippen LogP contribution in [0.5, 0.6) is 0 Å². The van der Waals surface area contributed by atoms with E-state index in [2.05, 4.69) is 11.8 Å². The summed E-state index contributed by atoms with van der Waals surface area (Å²) in [7, 11) is 0. The zero-order valence-electron chi connectivity index (χ0n) is 10.8. The minimum absolute atomic E-state index is 0.494. The van der Waals surface area contributed by atoms with Gasteiger partial charge in [0.25, 0.3) is 0 Å². The van der Waals surface area contributed by atoms with Gasteiger partial charge >= 0.3 is 0 Å². The number of hydrogen-bond donors (Lipinski definition) is 1. The Morgan fingerprint density at radius 1 is 1.00 bits per heavy atom. The van der Waals surface area contributed by atoms with E-state index in [1.807, 2.05) is 0 Å². The highest BCUT2D eigenvalue weighted by molar-refractivity contribution is 4.96. The molecule has 2 nitrogen and oxygen atoms in total. The maximum Gasteiger partial charge on any atom is 0.0113 e. The normalized spacial score (nSPS) is 34.5. The van der Waals surface area contributed by atoms with Gasteiger partial charge in [0.2, 0.25) is 0 Å². The third-order valence-electron chi connectivity index (χ3n) is 4.44. The van der Waals surface area contributed by atoms with Crippen molar-refractivity contribution < 1.29 is 0 Å². The van der Waals surface area contributed by atoms with E-state index in [0.29, 0.717) is 6.04 Å². The predicted molar refractivity (Wildman–Crippen MR) is 69.5 cm³/mol. The van der Waals surface area contributed by atoms with Crippen LogP contribution < -0.4 is 5.73 Å². The molecule has 0 aromatic rings. The van der Waals surface area contributed by atoms with Crippen LogP contribution in [-0.2, 0) is 0 Å². The summed E-state index contributed by atoms with van der Waals surface area (Å²) in [5.41, 5.74) is 6.09. The lowest BCUT2D eigenvalue weighted by atomic mass is 9.98. The zero-order valence-corrected chi connectivity index (χ0v) is 10.8. The van der Waals surface area contributed by atoms with Gasteiger partial charge in [-0.15, -0.1) is 0 Å². The van der Waals surface area contributed by atoms with Crippen molar-refractivity contribution in [2.75, 3.05) is 6.54 Å². The largest absolute Gasteiger partial charge is 0.328 e. The van der Waals surface area contributed by atoms with Crippen molar-refractivity contribution in [1.29, 1.82) is 0 Å². The highest BCUT2D eigenvalue weighted by Gasteiger charge is 2.38. The van der Waals surface area contributed by atoms with Crippen molar-refractivity contribution in [3.63, 3.8) is 0 Å². The van der Waals surface area contributed by atoms with Crippen LogP contribution in [0.4, 0.5) is 0 Å². The lowest BCUT2D eigenvalue weighted by molar-refractivity contribution is 0.125. The standard InChI is InChI=1S/C14H28N2/c1-2-3-4-5-6-9-16-13-7-8-14(16)11-12(15)10-13/h12-14H,2-11,15H2,1H3. The molecule has 16 heavy (non-hydrogen) atoms. The van der Waals surface area contributed by atoms with Crippen molar-refractivity contribution in [2.45, 2.75) is 82.8 Å². The fourth-order valence-electron chi connectivity index (χ4n) is 3.58. The molecular formula is C14H28N2. The van der Waals surface area contributed by atoms with Gasteiger partial charge < -0.3 is 5.73 Å². The van der Waals surface area contributed by atoms with E-state index in [1.54, 1.807) is 0 Å². The van der Waals surface area contributed by atoms with Crippen molar-refractivity contribution in [3.05, 3.63) is 0 Å². The van der Waals surface area contributed by atoms with E-state index in [0.717, 1.165) is 12.1 Å². The number of nitrogens with two attached hydrogens (primary N) is 1. The van der Waals surface area contributed by atoms with Gasteiger partial charge in [0, 0.05) is 18.1 Å². The molecule has 2 heterocycles. The number of piperidine rings is 1. The van der Waals surface area contributed by atoms with Crippen molar-refractivity contribution in [3.8, 4) is 0 Å². The third kappa shape index (κ3) is 2.98. The van der Waals surface area contributed by atoms with Crippen LogP contribution in [-0.4, -0.2) is 29.6 Å². The first-order valence-electron chi connectivity index (χ1n) is 7.32. The molecule has 0 aromatic carbocycles. The van der Waals surface area contributed by atoms with Crippen molar-refractivity contribution in [2.24, 2.45) is 5.73 Å². The van der Waals surface area contributed by atoms with Gasteiger partial charge in [-0.2, -0.15) is 0 Å². The Hall–Kier alpha value is -0.0800. The number of hydrogen-bond acceptors (Lipinski definition) is 2. The van der Waals surface area contributed by atoms with E-state index in [4.69, 9.17) is 5.73 Å². The number of nitrogens with zero attached hydrogens (tertiary/aromatic N) is 1. The van der Waals surface area contributed by atoms with Crippen molar-refractivity contribution >= 4 is 0 Å². The van der Waals surface area contributed by atoms with Gasteiger partial charge in [-0.05, 0) is 38.6 Å². The molecule has 2 atom stereocenters. The first kappa shape index (κ1) is 12.4. The van der Waals surface area contributed by atoms with Crippen LogP contribution in [0.3, 0.4) is 0 Å². The topological polar surface area (TPSA) is 29.3 Å². The van der Waals surface area contributed by atoms with Crippen LogP contribution in [0.2, 0.25) is 0 Å². The molecule has 2 rings (SSSR count). The molecule has 2 unspecified atom stereocenters. The SMILES string of the molecule is CCCCCCCN1C2CCC1CC(N)C2. The summed E-state index contributed by atoms with van der Waals surface area (Å²) in [6.45, 7) is 3.62. The second-order valence-corrected chi connectivity index (χ2v) is 5.77. The summed E-state index contributed by atoms with van der Waals surface area (Å²) >= 11 is 0. The minimum Gasteiger partial charge on any atom is -0.328 e. The molecule has 0 spiro atoms.